The molecule has 0 aliphatic heterocycles. The van der Waals surface area contributed by atoms with Gasteiger partial charge in [-0.1, -0.05) is 54.1 Å². The van der Waals surface area contributed by atoms with E-state index in [9.17, 15) is 14.7 Å². The fourth-order valence-electron chi connectivity index (χ4n) is 3.54. The Bertz CT molecular complexity index is 1350. The highest BCUT2D eigenvalue weighted by Crippen LogP contribution is 2.28. The van der Waals surface area contributed by atoms with Gasteiger partial charge in [0.15, 0.2) is 5.69 Å². The number of anilines is 1. The zero-order chi connectivity index (χ0) is 22.1. The Morgan fingerprint density at radius 1 is 1.06 bits per heavy atom. The molecule has 0 amide bonds. The van der Waals surface area contributed by atoms with E-state index in [1.54, 1.807) is 25.2 Å². The quantitative estimate of drug-likeness (QED) is 0.448. The third-order valence-corrected chi connectivity index (χ3v) is 5.28. The van der Waals surface area contributed by atoms with Gasteiger partial charge in [-0.05, 0) is 25.1 Å². The summed E-state index contributed by atoms with van der Waals surface area (Å²) in [6.07, 6.45) is 0. The fraction of sp³-hybridized carbons (Fsp3) is 0.130. The van der Waals surface area contributed by atoms with Crippen molar-refractivity contribution in [1.29, 1.82) is 0 Å². The first-order valence-corrected chi connectivity index (χ1v) is 9.96. The second kappa shape index (κ2) is 8.20. The summed E-state index contributed by atoms with van der Waals surface area (Å²) in [7, 11) is 1.70. The normalized spacial score (nSPS) is 12.0. The molecule has 2 N–H and O–H groups in total. The number of aromatic carboxylic acids is 1. The van der Waals surface area contributed by atoms with Gasteiger partial charge in [0.1, 0.15) is 11.0 Å². The summed E-state index contributed by atoms with van der Waals surface area (Å²) in [6, 6.07) is 17.6. The van der Waals surface area contributed by atoms with Gasteiger partial charge in [-0.3, -0.25) is 9.36 Å². The SMILES string of the molecule is CC(Nc1ccc(Cl)nc1C(=O)O)c1cccc2c(=O)n(C)c(-c3ccccc3)nc12. The Balaban J connectivity index is 1.84. The zero-order valence-electron chi connectivity index (χ0n) is 16.8. The Morgan fingerprint density at radius 3 is 2.52 bits per heavy atom. The number of rotatable bonds is 5. The number of nitrogens with zero attached hydrogens (tertiary/aromatic N) is 3. The maximum atomic E-state index is 13.0. The average Bonchev–Trinajstić information content (AvgIpc) is 2.77. The van der Waals surface area contributed by atoms with E-state index in [2.05, 4.69) is 10.3 Å². The molecule has 8 heteroatoms. The molecular formula is C23H19ClN4O3. The van der Waals surface area contributed by atoms with E-state index >= 15 is 0 Å². The Morgan fingerprint density at radius 2 is 1.81 bits per heavy atom. The molecule has 1 atom stereocenters. The van der Waals surface area contributed by atoms with Gasteiger partial charge in [0.2, 0.25) is 0 Å². The number of benzene rings is 2. The highest BCUT2D eigenvalue weighted by atomic mass is 35.5. The van der Waals surface area contributed by atoms with E-state index < -0.39 is 5.97 Å². The van der Waals surface area contributed by atoms with Crippen molar-refractivity contribution in [2.75, 3.05) is 5.32 Å². The summed E-state index contributed by atoms with van der Waals surface area (Å²) < 4.78 is 1.53. The lowest BCUT2D eigenvalue weighted by atomic mass is 10.0. The number of para-hydroxylation sites is 1. The van der Waals surface area contributed by atoms with E-state index in [0.717, 1.165) is 11.1 Å². The number of carboxylic acid groups (broad SMARTS) is 1. The molecule has 2 aromatic heterocycles. The van der Waals surface area contributed by atoms with E-state index in [1.165, 1.54) is 10.6 Å². The van der Waals surface area contributed by atoms with Gasteiger partial charge < -0.3 is 10.4 Å². The van der Waals surface area contributed by atoms with Crippen molar-refractivity contribution in [3.05, 3.63) is 87.4 Å². The lowest BCUT2D eigenvalue weighted by Crippen LogP contribution is -2.21. The van der Waals surface area contributed by atoms with Crippen molar-refractivity contribution in [1.82, 2.24) is 14.5 Å². The van der Waals surface area contributed by atoms with Crippen LogP contribution < -0.4 is 10.9 Å². The predicted molar refractivity (Wildman–Crippen MR) is 121 cm³/mol. The van der Waals surface area contributed by atoms with Crippen molar-refractivity contribution in [3.8, 4) is 11.4 Å². The molecule has 0 spiro atoms. The van der Waals surface area contributed by atoms with Crippen LogP contribution in [-0.4, -0.2) is 25.6 Å². The maximum absolute atomic E-state index is 13.0. The third-order valence-electron chi connectivity index (χ3n) is 5.07. The Hall–Kier alpha value is -3.71. The Labute approximate surface area is 183 Å². The predicted octanol–water partition coefficient (Wildman–Crippen LogP) is 4.52. The van der Waals surface area contributed by atoms with Crippen LogP contribution in [0.1, 0.15) is 29.0 Å². The number of nitrogens with one attached hydrogen (secondary N) is 1. The molecule has 1 unspecified atom stereocenters. The number of carbonyl (C=O) groups is 1. The molecule has 4 aromatic rings. The molecule has 156 valence electrons. The van der Waals surface area contributed by atoms with Crippen molar-refractivity contribution < 1.29 is 9.90 Å². The molecule has 2 heterocycles. The largest absolute Gasteiger partial charge is 0.476 e. The van der Waals surface area contributed by atoms with Crippen LogP contribution in [0.15, 0.2) is 65.5 Å². The molecule has 0 aliphatic rings. The van der Waals surface area contributed by atoms with E-state index in [4.69, 9.17) is 16.6 Å². The lowest BCUT2D eigenvalue weighted by molar-refractivity contribution is 0.0691. The van der Waals surface area contributed by atoms with Gasteiger partial charge >= 0.3 is 5.97 Å². The van der Waals surface area contributed by atoms with E-state index in [0.29, 0.717) is 22.4 Å². The van der Waals surface area contributed by atoms with Crippen LogP contribution in [0.5, 0.6) is 0 Å². The molecule has 0 bridgehead atoms. The zero-order valence-corrected chi connectivity index (χ0v) is 17.6. The summed E-state index contributed by atoms with van der Waals surface area (Å²) in [5.74, 6) is -0.634. The van der Waals surface area contributed by atoms with Crippen molar-refractivity contribution >= 4 is 34.2 Å². The molecule has 0 radical (unpaired) electrons. The smallest absolute Gasteiger partial charge is 0.356 e. The Kier molecular flexibility index (Phi) is 5.44. The number of aromatic nitrogens is 3. The maximum Gasteiger partial charge on any atom is 0.356 e. The first-order valence-electron chi connectivity index (χ1n) is 9.58. The summed E-state index contributed by atoms with van der Waals surface area (Å²) in [6.45, 7) is 1.87. The number of carboxylic acids is 1. The molecule has 2 aromatic carbocycles. The van der Waals surface area contributed by atoms with Crippen molar-refractivity contribution in [3.63, 3.8) is 0 Å². The molecule has 0 saturated carbocycles. The summed E-state index contributed by atoms with van der Waals surface area (Å²) in [5.41, 5.74) is 2.15. The van der Waals surface area contributed by atoms with Crippen LogP contribution in [-0.2, 0) is 7.05 Å². The first-order chi connectivity index (χ1) is 14.9. The molecule has 0 fully saturated rings. The third kappa shape index (κ3) is 3.87. The number of halogens is 1. The topological polar surface area (TPSA) is 97.1 Å². The van der Waals surface area contributed by atoms with Crippen LogP contribution >= 0.6 is 11.6 Å². The summed E-state index contributed by atoms with van der Waals surface area (Å²) >= 11 is 5.85. The second-order valence-corrected chi connectivity index (χ2v) is 7.50. The standard InChI is InChI=1S/C23H19ClN4O3/c1-13(25-17-11-12-18(24)26-20(17)23(30)31)15-9-6-10-16-19(15)27-21(28(2)22(16)29)14-7-4-3-5-8-14/h3-13,25H,1-2H3,(H,30,31). The molecule has 0 aliphatic carbocycles. The van der Waals surface area contributed by atoms with Crippen LogP contribution in [0.2, 0.25) is 5.15 Å². The second-order valence-electron chi connectivity index (χ2n) is 7.11. The summed E-state index contributed by atoms with van der Waals surface area (Å²) in [4.78, 5) is 33.3. The van der Waals surface area contributed by atoms with Crippen LogP contribution in [0.3, 0.4) is 0 Å². The highest BCUT2D eigenvalue weighted by Gasteiger charge is 2.19. The monoisotopic (exact) mass is 434 g/mol. The minimum Gasteiger partial charge on any atom is -0.476 e. The van der Waals surface area contributed by atoms with Gasteiger partial charge in [-0.15, -0.1) is 0 Å². The highest BCUT2D eigenvalue weighted by molar-refractivity contribution is 6.29. The molecule has 0 saturated heterocycles. The average molecular weight is 435 g/mol. The minimum atomic E-state index is -1.19. The molecule has 4 rings (SSSR count). The van der Waals surface area contributed by atoms with Gasteiger partial charge in [-0.25, -0.2) is 14.8 Å². The van der Waals surface area contributed by atoms with Gasteiger partial charge in [0.05, 0.1) is 22.6 Å². The lowest BCUT2D eigenvalue weighted by Gasteiger charge is -2.19. The van der Waals surface area contributed by atoms with Crippen LogP contribution in [0.4, 0.5) is 5.69 Å². The van der Waals surface area contributed by atoms with Gasteiger partial charge in [0.25, 0.3) is 5.56 Å². The summed E-state index contributed by atoms with van der Waals surface area (Å²) in [5, 5.41) is 13.2. The van der Waals surface area contributed by atoms with Gasteiger partial charge in [-0.2, -0.15) is 0 Å². The molecule has 31 heavy (non-hydrogen) atoms. The minimum absolute atomic E-state index is 0.0958. The van der Waals surface area contributed by atoms with Crippen molar-refractivity contribution in [2.24, 2.45) is 7.05 Å². The number of hydrogen-bond donors (Lipinski definition) is 2. The van der Waals surface area contributed by atoms with E-state index in [-0.39, 0.29) is 22.4 Å². The van der Waals surface area contributed by atoms with Gasteiger partial charge in [0, 0.05) is 18.2 Å². The van der Waals surface area contributed by atoms with E-state index in [1.807, 2.05) is 43.3 Å². The van der Waals surface area contributed by atoms with Crippen LogP contribution in [0.25, 0.3) is 22.3 Å². The van der Waals surface area contributed by atoms with Crippen molar-refractivity contribution in [2.45, 2.75) is 13.0 Å². The first kappa shape index (κ1) is 20.6. The fourth-order valence-corrected chi connectivity index (χ4v) is 3.68. The van der Waals surface area contributed by atoms with Crippen LogP contribution in [0, 0.1) is 0 Å². The molecular weight excluding hydrogens is 416 g/mol. The number of pyridine rings is 1. The molecule has 7 nitrogen and oxygen atoms in total. The number of fused-ring (bicyclic) bond motifs is 1. The number of hydrogen-bond acceptors (Lipinski definition) is 5.